The van der Waals surface area contributed by atoms with Gasteiger partial charge in [-0.15, -0.1) is 0 Å². The van der Waals surface area contributed by atoms with Gasteiger partial charge in [0.2, 0.25) is 0 Å². The van der Waals surface area contributed by atoms with Crippen molar-refractivity contribution in [3.05, 3.63) is 240 Å². The maximum atomic E-state index is 7.38. The van der Waals surface area contributed by atoms with Crippen LogP contribution in [0.15, 0.2) is 218 Å². The third-order valence-corrected chi connectivity index (χ3v) is 12.9. The Bertz CT molecular complexity index is 2790. The molecule has 0 saturated heterocycles. The van der Waals surface area contributed by atoms with Gasteiger partial charge in [0.05, 0.1) is 0 Å². The van der Waals surface area contributed by atoms with E-state index in [2.05, 4.69) is 217 Å². The number of anilines is 3. The number of ether oxygens (including phenoxy) is 1. The van der Waals surface area contributed by atoms with Crippen molar-refractivity contribution in [2.75, 3.05) is 4.90 Å². The van der Waals surface area contributed by atoms with Crippen LogP contribution in [0.25, 0.3) is 39.0 Å². The summed E-state index contributed by atoms with van der Waals surface area (Å²) in [6.45, 7) is 0. The summed E-state index contributed by atoms with van der Waals surface area (Å²) in [5.74, 6) is 2.63. The molecule has 4 aliphatic rings. The van der Waals surface area contributed by atoms with Gasteiger partial charge in [-0.1, -0.05) is 182 Å². The van der Waals surface area contributed by atoms with E-state index in [1.54, 1.807) is 0 Å². The topological polar surface area (TPSA) is 12.5 Å². The molecule has 0 fully saturated rings. The number of nitrogens with zero attached hydrogens (tertiary/aromatic N) is 1. The molecular weight excluding hydrogens is 739 g/mol. The third kappa shape index (κ3) is 6.98. The number of hydrogen-bond acceptors (Lipinski definition) is 2. The van der Waals surface area contributed by atoms with Crippen LogP contribution in [-0.2, 0) is 6.42 Å². The molecule has 61 heavy (non-hydrogen) atoms. The normalized spacial score (nSPS) is 16.4. The van der Waals surface area contributed by atoms with Gasteiger partial charge in [-0.3, -0.25) is 0 Å². The number of aryl methyl sites for hydroxylation is 1. The molecule has 0 spiro atoms. The van der Waals surface area contributed by atoms with E-state index in [1.165, 1.54) is 55.7 Å². The summed E-state index contributed by atoms with van der Waals surface area (Å²) in [5.41, 5.74) is 18.3. The summed E-state index contributed by atoms with van der Waals surface area (Å²) in [6.07, 6.45) is 23.8. The van der Waals surface area contributed by atoms with Gasteiger partial charge in [0.1, 0.15) is 11.5 Å². The molecule has 3 aliphatic carbocycles. The van der Waals surface area contributed by atoms with Gasteiger partial charge in [0.15, 0.2) is 0 Å². The highest BCUT2D eigenvalue weighted by atomic mass is 16.5. The lowest BCUT2D eigenvalue weighted by Crippen LogP contribution is -2.19. The van der Waals surface area contributed by atoms with Crippen molar-refractivity contribution >= 4 is 22.6 Å². The zero-order chi connectivity index (χ0) is 40.5. The van der Waals surface area contributed by atoms with E-state index in [0.29, 0.717) is 5.92 Å². The molecule has 0 radical (unpaired) electrons. The first-order valence-corrected chi connectivity index (χ1v) is 21.8. The Hall–Kier alpha value is -7.16. The Morgan fingerprint density at radius 3 is 1.72 bits per heavy atom. The Morgan fingerprint density at radius 1 is 0.492 bits per heavy atom. The summed E-state index contributed by atoms with van der Waals surface area (Å²) >= 11 is 0. The van der Waals surface area contributed by atoms with Crippen molar-refractivity contribution in [1.29, 1.82) is 0 Å². The van der Waals surface area contributed by atoms with Crippen LogP contribution in [0.2, 0.25) is 0 Å². The molecule has 1 heterocycles. The summed E-state index contributed by atoms with van der Waals surface area (Å²) in [6, 6.07) is 59.5. The van der Waals surface area contributed by atoms with E-state index < -0.39 is 0 Å². The van der Waals surface area contributed by atoms with Crippen molar-refractivity contribution in [2.24, 2.45) is 5.92 Å². The average Bonchev–Trinajstić information content (AvgIpc) is 3.34. The Balaban J connectivity index is 0.981. The van der Waals surface area contributed by atoms with E-state index in [9.17, 15) is 0 Å². The molecule has 1 aliphatic heterocycles. The van der Waals surface area contributed by atoms with Gasteiger partial charge >= 0.3 is 0 Å². The minimum absolute atomic E-state index is 0.247. The van der Waals surface area contributed by atoms with Gasteiger partial charge in [0, 0.05) is 45.2 Å². The summed E-state index contributed by atoms with van der Waals surface area (Å²) in [7, 11) is 0. The van der Waals surface area contributed by atoms with Gasteiger partial charge < -0.3 is 9.64 Å². The monoisotopic (exact) mass is 785 g/mol. The fourth-order valence-corrected chi connectivity index (χ4v) is 9.94. The van der Waals surface area contributed by atoms with E-state index >= 15 is 0 Å². The number of fused-ring (bicyclic) bond motifs is 2. The molecule has 0 bridgehead atoms. The number of allylic oxidation sites excluding steroid dienone is 9. The highest BCUT2D eigenvalue weighted by Gasteiger charge is 2.35. The number of hydrogen-bond donors (Lipinski definition) is 0. The maximum absolute atomic E-state index is 7.38. The first kappa shape index (κ1) is 36.9. The van der Waals surface area contributed by atoms with E-state index in [4.69, 9.17) is 4.74 Å². The fourth-order valence-electron chi connectivity index (χ4n) is 9.94. The van der Waals surface area contributed by atoms with Crippen molar-refractivity contribution < 1.29 is 4.74 Å². The lowest BCUT2D eigenvalue weighted by atomic mass is 9.72. The summed E-state index contributed by atoms with van der Waals surface area (Å²) in [4.78, 5) is 2.35. The fraction of sp³-hybridized carbons (Fsp3) is 0.119. The van der Waals surface area contributed by atoms with Crippen LogP contribution in [0.3, 0.4) is 0 Å². The highest BCUT2D eigenvalue weighted by molar-refractivity contribution is 5.95. The predicted molar refractivity (Wildman–Crippen MR) is 255 cm³/mol. The van der Waals surface area contributed by atoms with Crippen molar-refractivity contribution in [2.45, 2.75) is 38.0 Å². The molecule has 0 aromatic heterocycles. The van der Waals surface area contributed by atoms with E-state index in [1.807, 2.05) is 0 Å². The first-order valence-electron chi connectivity index (χ1n) is 21.8. The van der Waals surface area contributed by atoms with Crippen LogP contribution in [0.1, 0.15) is 53.9 Å². The van der Waals surface area contributed by atoms with Crippen molar-refractivity contribution in [3.8, 4) is 44.9 Å². The molecule has 0 N–H and O–H groups in total. The van der Waals surface area contributed by atoms with Gasteiger partial charge in [-0.05, 0) is 113 Å². The zero-order valence-electron chi connectivity index (χ0n) is 34.3. The molecule has 2 unspecified atom stereocenters. The number of rotatable bonds is 9. The Kier molecular flexibility index (Phi) is 9.75. The van der Waals surface area contributed by atoms with Crippen LogP contribution < -0.4 is 9.64 Å². The van der Waals surface area contributed by atoms with E-state index in [-0.39, 0.29) is 5.92 Å². The average molecular weight is 786 g/mol. The molecule has 2 atom stereocenters. The lowest BCUT2D eigenvalue weighted by molar-refractivity contribution is 0.451. The molecule has 7 aromatic carbocycles. The molecule has 0 saturated carbocycles. The lowest BCUT2D eigenvalue weighted by Gasteiger charge is -2.35. The molecular formula is C59H47NO. The van der Waals surface area contributed by atoms with E-state index in [0.717, 1.165) is 71.8 Å². The third-order valence-electron chi connectivity index (χ3n) is 12.9. The van der Waals surface area contributed by atoms with Crippen LogP contribution in [0.4, 0.5) is 17.1 Å². The predicted octanol–water partition coefficient (Wildman–Crippen LogP) is 16.1. The molecule has 2 heteroatoms. The maximum Gasteiger partial charge on any atom is 0.143 e. The van der Waals surface area contributed by atoms with Gasteiger partial charge in [-0.25, -0.2) is 0 Å². The second-order valence-corrected chi connectivity index (χ2v) is 16.6. The SMILES string of the molecule is C1=CCCC(C(c2ccc3c4c2Oc2c(cccc2-c2ccc(N(c5ccc(-c6ccccc6)cc5)c5ccc(-c6ccccc6)cc5)cc2)C4=CCC3)C2C=CC=CC2)=C1. The Labute approximate surface area is 359 Å². The smallest absolute Gasteiger partial charge is 0.143 e. The molecule has 294 valence electrons. The molecule has 7 aromatic rings. The quantitative estimate of drug-likeness (QED) is 0.145. The van der Waals surface area contributed by atoms with Crippen molar-refractivity contribution in [1.82, 2.24) is 0 Å². The highest BCUT2D eigenvalue weighted by Crippen LogP contribution is 2.55. The summed E-state index contributed by atoms with van der Waals surface area (Å²) < 4.78 is 7.38. The first-order chi connectivity index (χ1) is 30.3. The largest absolute Gasteiger partial charge is 0.455 e. The zero-order valence-corrected chi connectivity index (χ0v) is 34.3. The van der Waals surface area contributed by atoms with Gasteiger partial charge in [-0.2, -0.15) is 0 Å². The second-order valence-electron chi connectivity index (χ2n) is 16.6. The minimum atomic E-state index is 0.247. The van der Waals surface area contributed by atoms with Crippen LogP contribution >= 0.6 is 0 Å². The second kappa shape index (κ2) is 16.1. The molecule has 0 amide bonds. The van der Waals surface area contributed by atoms with Crippen molar-refractivity contribution in [3.63, 3.8) is 0 Å². The van der Waals surface area contributed by atoms with Crippen LogP contribution in [-0.4, -0.2) is 0 Å². The Morgan fingerprint density at radius 2 is 1.11 bits per heavy atom. The standard InChI is InChI=1S/C59H47NO/c1-5-15-41(16-6-1)43-27-34-49(35-28-43)60(50-36-29-44(30-37-50)42-17-7-2-8-18-42)51-38-31-45(32-39-51)52-24-14-26-54-53-25-13-23-48-33-40-55(59(57(48)53)61-58(52)54)56(46-19-9-3-10-20-46)47-21-11-4-12-22-47/h1-11,14-19,21,24-40,46,56H,12-13,20,22-23H2. The minimum Gasteiger partial charge on any atom is -0.455 e. The molecule has 11 rings (SSSR count). The van der Waals surface area contributed by atoms with Gasteiger partial charge in [0.25, 0.3) is 0 Å². The van der Waals surface area contributed by atoms with Crippen LogP contribution in [0.5, 0.6) is 11.5 Å². The molecule has 2 nitrogen and oxygen atoms in total. The number of para-hydroxylation sites is 1. The van der Waals surface area contributed by atoms with Crippen LogP contribution in [0, 0.1) is 5.92 Å². The summed E-state index contributed by atoms with van der Waals surface area (Å²) in [5, 5.41) is 0. The number of benzene rings is 7.